The largest absolute Gasteiger partial charge is 0.339 e. The summed E-state index contributed by atoms with van der Waals surface area (Å²) in [5, 5.41) is 0.581. The molecule has 0 saturated heterocycles. The molecular weight excluding hydrogens is 292 g/mol. The Bertz CT molecular complexity index is 413. The molecule has 1 aromatic carbocycles. The Morgan fingerprint density at radius 3 is 2.50 bits per heavy atom. The molecule has 0 atom stereocenters. The molecule has 20 heavy (non-hydrogen) atoms. The number of amides is 1. The molecule has 0 bridgehead atoms. The van der Waals surface area contributed by atoms with E-state index >= 15 is 0 Å². The van der Waals surface area contributed by atoms with Gasteiger partial charge in [0.05, 0.1) is 11.3 Å². The van der Waals surface area contributed by atoms with Crippen LogP contribution in [0, 0.1) is 0 Å². The second-order valence-electron chi connectivity index (χ2n) is 3.88. The first-order chi connectivity index (χ1) is 9.63. The van der Waals surface area contributed by atoms with Gasteiger partial charge < -0.3 is 9.62 Å². The third-order valence-corrected chi connectivity index (χ3v) is 3.25. The van der Waals surface area contributed by atoms with Crippen molar-refractivity contribution in [1.29, 1.82) is 0 Å². The number of carbonyl (C=O) groups is 1. The highest BCUT2D eigenvalue weighted by Gasteiger charge is 2.17. The Morgan fingerprint density at radius 1 is 1.35 bits per heavy atom. The summed E-state index contributed by atoms with van der Waals surface area (Å²) < 4.78 is 3.12. The van der Waals surface area contributed by atoms with Gasteiger partial charge in [-0.05, 0) is 31.5 Å². The van der Waals surface area contributed by atoms with Crippen LogP contribution in [-0.2, 0) is 0 Å². The minimum atomic E-state index is 0.0263. The lowest BCUT2D eigenvalue weighted by atomic mass is 10.1. The lowest BCUT2D eigenvalue weighted by molar-refractivity contribution is 0.0765. The molecule has 1 aromatic rings. The van der Waals surface area contributed by atoms with Gasteiger partial charge in [0.2, 0.25) is 0 Å². The maximum atomic E-state index is 12.4. The van der Waals surface area contributed by atoms with Crippen molar-refractivity contribution in [2.24, 2.45) is 0 Å². The fourth-order valence-corrected chi connectivity index (χ4v) is 2.31. The molecule has 0 aliphatic carbocycles. The minimum absolute atomic E-state index is 0.0263. The van der Waals surface area contributed by atoms with Crippen LogP contribution in [0.4, 0.5) is 5.69 Å². The molecule has 0 aliphatic rings. The van der Waals surface area contributed by atoms with Gasteiger partial charge in [-0.3, -0.25) is 4.79 Å². The van der Waals surface area contributed by atoms with Crippen LogP contribution >= 0.6 is 23.5 Å². The number of halogens is 1. The Morgan fingerprint density at radius 2 is 2.00 bits per heavy atom. The van der Waals surface area contributed by atoms with Crippen molar-refractivity contribution < 1.29 is 4.79 Å². The van der Waals surface area contributed by atoms with Crippen molar-refractivity contribution in [2.75, 3.05) is 24.1 Å². The zero-order valence-electron chi connectivity index (χ0n) is 13.0. The summed E-state index contributed by atoms with van der Waals surface area (Å²) in [7, 11) is 0. The third-order valence-electron chi connectivity index (χ3n) is 2.59. The van der Waals surface area contributed by atoms with Crippen LogP contribution in [0.2, 0.25) is 5.02 Å². The molecule has 0 aromatic heterocycles. The number of benzene rings is 1. The summed E-state index contributed by atoms with van der Waals surface area (Å²) >= 11 is 7.44. The molecule has 0 radical (unpaired) electrons. The summed E-state index contributed by atoms with van der Waals surface area (Å²) in [5.74, 6) is 0.0263. The van der Waals surface area contributed by atoms with E-state index in [2.05, 4.69) is 11.6 Å². The van der Waals surface area contributed by atoms with Crippen molar-refractivity contribution in [2.45, 2.75) is 34.1 Å². The topological polar surface area (TPSA) is 32.3 Å². The summed E-state index contributed by atoms with van der Waals surface area (Å²) in [6.07, 6.45) is 2.87. The monoisotopic (exact) mass is 316 g/mol. The van der Waals surface area contributed by atoms with E-state index in [4.69, 9.17) is 11.6 Å². The average molecular weight is 317 g/mol. The SMILES string of the molecule is CC.CCCN(CC)C(=O)c1cc(Cl)ccc1NSC. The summed E-state index contributed by atoms with van der Waals surface area (Å²) in [6.45, 7) is 9.52. The lowest BCUT2D eigenvalue weighted by Gasteiger charge is -2.21. The van der Waals surface area contributed by atoms with Crippen LogP contribution in [0.15, 0.2) is 18.2 Å². The van der Waals surface area contributed by atoms with Crippen LogP contribution in [-0.4, -0.2) is 30.2 Å². The van der Waals surface area contributed by atoms with Crippen LogP contribution in [0.5, 0.6) is 0 Å². The number of carbonyl (C=O) groups excluding carboxylic acids is 1. The number of nitrogens with zero attached hydrogens (tertiary/aromatic N) is 1. The van der Waals surface area contributed by atoms with Crippen LogP contribution in [0.25, 0.3) is 0 Å². The number of hydrogen-bond acceptors (Lipinski definition) is 3. The van der Waals surface area contributed by atoms with E-state index in [1.165, 1.54) is 11.9 Å². The maximum absolute atomic E-state index is 12.4. The van der Waals surface area contributed by atoms with Gasteiger partial charge >= 0.3 is 0 Å². The minimum Gasteiger partial charge on any atom is -0.339 e. The molecule has 0 heterocycles. The Kier molecular flexibility index (Phi) is 10.4. The van der Waals surface area contributed by atoms with Gasteiger partial charge in [-0.1, -0.05) is 44.3 Å². The van der Waals surface area contributed by atoms with Crippen molar-refractivity contribution in [1.82, 2.24) is 4.90 Å². The van der Waals surface area contributed by atoms with Gasteiger partial charge in [0.15, 0.2) is 0 Å². The predicted molar refractivity (Wildman–Crippen MR) is 91.8 cm³/mol. The maximum Gasteiger partial charge on any atom is 0.256 e. The van der Waals surface area contributed by atoms with Crippen molar-refractivity contribution in [3.05, 3.63) is 28.8 Å². The first-order valence-electron chi connectivity index (χ1n) is 7.01. The number of anilines is 1. The van der Waals surface area contributed by atoms with Crippen molar-refractivity contribution in [3.63, 3.8) is 0 Å². The first-order valence-corrected chi connectivity index (χ1v) is 8.62. The molecule has 1 amide bonds. The fraction of sp³-hybridized carbons (Fsp3) is 0.533. The average Bonchev–Trinajstić information content (AvgIpc) is 2.48. The van der Waals surface area contributed by atoms with Gasteiger partial charge in [0.1, 0.15) is 0 Å². The molecule has 0 fully saturated rings. The number of hydrogen-bond donors (Lipinski definition) is 1. The summed E-state index contributed by atoms with van der Waals surface area (Å²) in [5.41, 5.74) is 1.44. The summed E-state index contributed by atoms with van der Waals surface area (Å²) in [6, 6.07) is 5.35. The molecule has 1 rings (SSSR count). The molecule has 1 N–H and O–H groups in total. The van der Waals surface area contributed by atoms with Crippen molar-refractivity contribution in [3.8, 4) is 0 Å². The van der Waals surface area contributed by atoms with E-state index in [1.807, 2.05) is 38.0 Å². The molecule has 0 aliphatic heterocycles. The molecular formula is C15H25ClN2OS. The smallest absolute Gasteiger partial charge is 0.256 e. The highest BCUT2D eigenvalue weighted by atomic mass is 35.5. The Balaban J connectivity index is 0.00000172. The van der Waals surface area contributed by atoms with Gasteiger partial charge in [0, 0.05) is 24.4 Å². The normalized spacial score (nSPS) is 9.50. The predicted octanol–water partition coefficient (Wildman–Crippen LogP) is 4.93. The second-order valence-corrected chi connectivity index (χ2v) is 4.93. The zero-order chi connectivity index (χ0) is 15.5. The van der Waals surface area contributed by atoms with E-state index < -0.39 is 0 Å². The highest BCUT2D eigenvalue weighted by Crippen LogP contribution is 2.24. The van der Waals surface area contributed by atoms with E-state index in [1.54, 1.807) is 12.1 Å². The number of rotatable bonds is 6. The van der Waals surface area contributed by atoms with E-state index in [0.29, 0.717) is 17.1 Å². The highest BCUT2D eigenvalue weighted by molar-refractivity contribution is 7.99. The summed E-state index contributed by atoms with van der Waals surface area (Å²) in [4.78, 5) is 14.3. The molecule has 114 valence electrons. The van der Waals surface area contributed by atoms with Gasteiger partial charge in [-0.15, -0.1) is 0 Å². The van der Waals surface area contributed by atoms with Gasteiger partial charge in [0.25, 0.3) is 5.91 Å². The molecule has 5 heteroatoms. The number of nitrogens with one attached hydrogen (secondary N) is 1. The first kappa shape index (κ1) is 19.1. The second kappa shape index (κ2) is 10.9. The van der Waals surface area contributed by atoms with E-state index in [0.717, 1.165) is 18.7 Å². The van der Waals surface area contributed by atoms with Gasteiger partial charge in [-0.25, -0.2) is 0 Å². The molecule has 0 spiro atoms. The fourth-order valence-electron chi connectivity index (χ4n) is 1.74. The quantitative estimate of drug-likeness (QED) is 0.755. The Labute approximate surface area is 132 Å². The zero-order valence-corrected chi connectivity index (χ0v) is 14.6. The van der Waals surface area contributed by atoms with Gasteiger partial charge in [-0.2, -0.15) is 0 Å². The van der Waals surface area contributed by atoms with Crippen molar-refractivity contribution >= 4 is 35.1 Å². The van der Waals surface area contributed by atoms with Crippen LogP contribution in [0.3, 0.4) is 0 Å². The molecule has 3 nitrogen and oxygen atoms in total. The van der Waals surface area contributed by atoms with E-state index in [-0.39, 0.29) is 5.91 Å². The third kappa shape index (κ3) is 5.63. The van der Waals surface area contributed by atoms with Crippen LogP contribution in [0.1, 0.15) is 44.5 Å². The molecule has 0 saturated carbocycles. The van der Waals surface area contributed by atoms with E-state index in [9.17, 15) is 4.79 Å². The van der Waals surface area contributed by atoms with Crippen LogP contribution < -0.4 is 4.72 Å². The standard InChI is InChI=1S/C13H19ClN2OS.C2H6/c1-4-8-16(5-2)13(17)11-9-10(14)6-7-12(11)15-18-3;1-2/h6-7,9,15H,4-5,8H2,1-3H3;1-2H3. The molecule has 0 unspecified atom stereocenters. The Hall–Kier alpha value is -0.870. The lowest BCUT2D eigenvalue weighted by Crippen LogP contribution is -2.31.